The Morgan fingerprint density at radius 1 is 1.10 bits per heavy atom. The fraction of sp³-hybridized carbons (Fsp3) is 0.0588. The zero-order valence-corrected chi connectivity index (χ0v) is 11.4. The molecule has 0 bridgehead atoms. The maximum Gasteiger partial charge on any atom is 0.274 e. The quantitative estimate of drug-likeness (QED) is 0.772. The Labute approximate surface area is 121 Å². The second-order valence-corrected chi connectivity index (χ2v) is 4.83. The molecule has 3 nitrogen and oxygen atoms in total. The number of hydrogen-bond acceptors (Lipinski definition) is 2. The van der Waals surface area contributed by atoms with E-state index in [0.29, 0.717) is 0 Å². The standard InChI is InChI=1S/C17H13FN2O/c1-11-6-8-13(18)16(10-11)20-17(21)15-9-7-12-4-2-3-5-14(12)19-15/h2-10H,1H3,(H,20,21). The highest BCUT2D eigenvalue weighted by Crippen LogP contribution is 2.17. The van der Waals surface area contributed by atoms with Gasteiger partial charge >= 0.3 is 0 Å². The van der Waals surface area contributed by atoms with Crippen molar-refractivity contribution in [3.63, 3.8) is 0 Å². The van der Waals surface area contributed by atoms with Crippen molar-refractivity contribution in [1.29, 1.82) is 0 Å². The lowest BCUT2D eigenvalue weighted by Crippen LogP contribution is -2.14. The number of hydrogen-bond donors (Lipinski definition) is 1. The second kappa shape index (κ2) is 5.32. The predicted molar refractivity (Wildman–Crippen MR) is 80.8 cm³/mol. The van der Waals surface area contributed by atoms with Gasteiger partial charge in [-0.05, 0) is 36.8 Å². The Morgan fingerprint density at radius 3 is 2.76 bits per heavy atom. The lowest BCUT2D eigenvalue weighted by atomic mass is 10.2. The predicted octanol–water partition coefficient (Wildman–Crippen LogP) is 3.93. The number of pyridine rings is 1. The molecule has 0 unspecified atom stereocenters. The van der Waals surface area contributed by atoms with E-state index in [1.807, 2.05) is 37.3 Å². The monoisotopic (exact) mass is 280 g/mol. The summed E-state index contributed by atoms with van der Waals surface area (Å²) in [6.45, 7) is 1.84. The van der Waals surface area contributed by atoms with Gasteiger partial charge in [-0.3, -0.25) is 4.79 Å². The molecule has 1 amide bonds. The smallest absolute Gasteiger partial charge is 0.274 e. The average Bonchev–Trinajstić information content (AvgIpc) is 2.50. The van der Waals surface area contributed by atoms with Crippen LogP contribution in [-0.2, 0) is 0 Å². The Balaban J connectivity index is 1.91. The van der Waals surface area contributed by atoms with E-state index in [4.69, 9.17) is 0 Å². The van der Waals surface area contributed by atoms with Crippen LogP contribution in [0.25, 0.3) is 10.9 Å². The summed E-state index contributed by atoms with van der Waals surface area (Å²) in [6, 6.07) is 15.5. The van der Waals surface area contributed by atoms with Gasteiger partial charge in [0.15, 0.2) is 0 Å². The average molecular weight is 280 g/mol. The van der Waals surface area contributed by atoms with Crippen molar-refractivity contribution in [3.05, 3.63) is 71.7 Å². The highest BCUT2D eigenvalue weighted by atomic mass is 19.1. The van der Waals surface area contributed by atoms with Gasteiger partial charge < -0.3 is 5.32 Å². The molecule has 0 aliphatic rings. The third-order valence-electron chi connectivity index (χ3n) is 3.20. The molecule has 0 atom stereocenters. The number of para-hydroxylation sites is 1. The first-order valence-corrected chi connectivity index (χ1v) is 6.57. The molecule has 0 fully saturated rings. The molecular weight excluding hydrogens is 267 g/mol. The van der Waals surface area contributed by atoms with Crippen LogP contribution < -0.4 is 5.32 Å². The molecule has 104 valence electrons. The minimum atomic E-state index is -0.463. The maximum atomic E-state index is 13.7. The van der Waals surface area contributed by atoms with E-state index in [0.717, 1.165) is 16.5 Å². The molecular formula is C17H13FN2O. The highest BCUT2D eigenvalue weighted by molar-refractivity contribution is 6.04. The summed E-state index contributed by atoms with van der Waals surface area (Å²) in [7, 11) is 0. The van der Waals surface area contributed by atoms with Gasteiger partial charge in [0.25, 0.3) is 5.91 Å². The van der Waals surface area contributed by atoms with Crippen LogP contribution in [0.5, 0.6) is 0 Å². The van der Waals surface area contributed by atoms with E-state index in [9.17, 15) is 9.18 Å². The van der Waals surface area contributed by atoms with Crippen molar-refractivity contribution in [2.75, 3.05) is 5.32 Å². The van der Waals surface area contributed by atoms with Crippen molar-refractivity contribution in [1.82, 2.24) is 4.98 Å². The number of halogens is 1. The van der Waals surface area contributed by atoms with Crippen LogP contribution in [0.15, 0.2) is 54.6 Å². The summed E-state index contributed by atoms with van der Waals surface area (Å²) < 4.78 is 13.7. The minimum Gasteiger partial charge on any atom is -0.318 e. The van der Waals surface area contributed by atoms with E-state index in [1.165, 1.54) is 6.07 Å². The first-order valence-electron chi connectivity index (χ1n) is 6.57. The lowest BCUT2D eigenvalue weighted by molar-refractivity contribution is 0.102. The van der Waals surface area contributed by atoms with Gasteiger partial charge in [0, 0.05) is 5.39 Å². The highest BCUT2D eigenvalue weighted by Gasteiger charge is 2.11. The number of aromatic nitrogens is 1. The molecule has 2 aromatic carbocycles. The van der Waals surface area contributed by atoms with Crippen molar-refractivity contribution in [3.8, 4) is 0 Å². The third-order valence-corrected chi connectivity index (χ3v) is 3.20. The van der Waals surface area contributed by atoms with Crippen LogP contribution in [0.3, 0.4) is 0 Å². The first kappa shape index (κ1) is 13.2. The maximum absolute atomic E-state index is 13.7. The molecule has 0 spiro atoms. The van der Waals surface area contributed by atoms with Crippen LogP contribution in [-0.4, -0.2) is 10.9 Å². The van der Waals surface area contributed by atoms with E-state index in [2.05, 4.69) is 10.3 Å². The number of aryl methyl sites for hydroxylation is 1. The molecule has 21 heavy (non-hydrogen) atoms. The van der Waals surface area contributed by atoms with Gasteiger partial charge in [-0.1, -0.05) is 30.3 Å². The molecule has 1 aromatic heterocycles. The minimum absolute atomic E-state index is 0.162. The zero-order valence-electron chi connectivity index (χ0n) is 11.4. The molecule has 3 rings (SSSR count). The van der Waals surface area contributed by atoms with Gasteiger partial charge in [0.2, 0.25) is 0 Å². The first-order chi connectivity index (χ1) is 10.1. The van der Waals surface area contributed by atoms with Crippen molar-refractivity contribution >= 4 is 22.5 Å². The van der Waals surface area contributed by atoms with Gasteiger partial charge in [-0.25, -0.2) is 9.37 Å². The van der Waals surface area contributed by atoms with E-state index in [-0.39, 0.29) is 11.4 Å². The molecule has 0 radical (unpaired) electrons. The molecule has 0 aliphatic heterocycles. The van der Waals surface area contributed by atoms with E-state index in [1.54, 1.807) is 18.2 Å². The van der Waals surface area contributed by atoms with Crippen LogP contribution >= 0.6 is 0 Å². The number of carbonyl (C=O) groups excluding carboxylic acids is 1. The zero-order chi connectivity index (χ0) is 14.8. The Bertz CT molecular complexity index is 830. The van der Waals surface area contributed by atoms with Crippen LogP contribution in [0.4, 0.5) is 10.1 Å². The molecule has 4 heteroatoms. The van der Waals surface area contributed by atoms with Crippen molar-refractivity contribution < 1.29 is 9.18 Å². The Hall–Kier alpha value is -2.75. The number of fused-ring (bicyclic) bond motifs is 1. The Kier molecular flexibility index (Phi) is 3.36. The molecule has 1 N–H and O–H groups in total. The van der Waals surface area contributed by atoms with Gasteiger partial charge in [0.05, 0.1) is 11.2 Å². The lowest BCUT2D eigenvalue weighted by Gasteiger charge is -2.07. The Morgan fingerprint density at radius 2 is 1.90 bits per heavy atom. The fourth-order valence-electron chi connectivity index (χ4n) is 2.11. The summed E-state index contributed by atoms with van der Waals surface area (Å²) in [5.74, 6) is -0.889. The summed E-state index contributed by atoms with van der Waals surface area (Å²) >= 11 is 0. The van der Waals surface area contributed by atoms with Crippen molar-refractivity contribution in [2.45, 2.75) is 6.92 Å². The summed E-state index contributed by atoms with van der Waals surface area (Å²) in [4.78, 5) is 16.5. The van der Waals surface area contributed by atoms with Gasteiger partial charge in [0.1, 0.15) is 11.5 Å². The largest absolute Gasteiger partial charge is 0.318 e. The van der Waals surface area contributed by atoms with Crippen LogP contribution in [0, 0.1) is 12.7 Å². The molecule has 0 saturated carbocycles. The number of carbonyl (C=O) groups is 1. The molecule has 0 aliphatic carbocycles. The van der Waals surface area contributed by atoms with Crippen molar-refractivity contribution in [2.24, 2.45) is 0 Å². The van der Waals surface area contributed by atoms with Gasteiger partial charge in [-0.15, -0.1) is 0 Å². The number of nitrogens with zero attached hydrogens (tertiary/aromatic N) is 1. The molecule has 0 saturated heterocycles. The van der Waals surface area contributed by atoms with Crippen LogP contribution in [0.1, 0.15) is 16.1 Å². The number of anilines is 1. The number of rotatable bonds is 2. The summed E-state index contributed by atoms with van der Waals surface area (Å²) in [6.07, 6.45) is 0. The number of nitrogens with one attached hydrogen (secondary N) is 1. The molecule has 1 heterocycles. The topological polar surface area (TPSA) is 42.0 Å². The molecule has 3 aromatic rings. The SMILES string of the molecule is Cc1ccc(F)c(NC(=O)c2ccc3ccccc3n2)c1. The van der Waals surface area contributed by atoms with Crippen LogP contribution in [0.2, 0.25) is 0 Å². The van der Waals surface area contributed by atoms with E-state index >= 15 is 0 Å². The fourth-order valence-corrected chi connectivity index (χ4v) is 2.11. The normalized spacial score (nSPS) is 10.6. The second-order valence-electron chi connectivity index (χ2n) is 4.83. The number of benzene rings is 2. The third kappa shape index (κ3) is 2.74. The number of amides is 1. The van der Waals surface area contributed by atoms with E-state index < -0.39 is 11.7 Å². The van der Waals surface area contributed by atoms with Gasteiger partial charge in [-0.2, -0.15) is 0 Å². The summed E-state index contributed by atoms with van der Waals surface area (Å²) in [5, 5.41) is 3.51. The summed E-state index contributed by atoms with van der Waals surface area (Å²) in [5.41, 5.74) is 2.03.